The lowest BCUT2D eigenvalue weighted by Crippen LogP contribution is -2.39. The van der Waals surface area contributed by atoms with Crippen LogP contribution in [0.4, 0.5) is 0 Å². The van der Waals surface area contributed by atoms with Gasteiger partial charge in [0.25, 0.3) is 0 Å². The molecule has 3 aromatic carbocycles. The molecule has 0 aliphatic rings. The molecule has 0 fully saturated rings. The Morgan fingerprint density at radius 3 is 1.64 bits per heavy atom. The molecule has 3 rings (SSSR count). The van der Waals surface area contributed by atoms with Gasteiger partial charge in [-0.2, -0.15) is 5.06 Å². The molecule has 0 radical (unpaired) electrons. The lowest BCUT2D eigenvalue weighted by Gasteiger charge is -2.35. The summed E-state index contributed by atoms with van der Waals surface area (Å²) < 4.78 is 14.7. The molecule has 0 bridgehead atoms. The fourth-order valence-corrected chi connectivity index (χ4v) is 6.94. The van der Waals surface area contributed by atoms with Crippen LogP contribution in [0.5, 0.6) is 0 Å². The summed E-state index contributed by atoms with van der Waals surface area (Å²) >= 11 is 0. The zero-order valence-corrected chi connectivity index (χ0v) is 17.4. The molecule has 0 aromatic heterocycles. The summed E-state index contributed by atoms with van der Waals surface area (Å²) in [6, 6.07) is 29.0. The second-order valence-corrected chi connectivity index (χ2v) is 10.5. The highest BCUT2D eigenvalue weighted by atomic mass is 31.2. The van der Waals surface area contributed by atoms with Crippen LogP contribution in [0, 0.1) is 5.92 Å². The minimum atomic E-state index is -3.11. The van der Waals surface area contributed by atoms with Gasteiger partial charge < -0.3 is 9.77 Å². The Bertz CT molecular complexity index is 854. The molecule has 3 aromatic rings. The van der Waals surface area contributed by atoms with Crippen LogP contribution in [0.25, 0.3) is 0 Å². The van der Waals surface area contributed by atoms with Gasteiger partial charge in [0.05, 0.1) is 5.78 Å². The maximum atomic E-state index is 14.7. The van der Waals surface area contributed by atoms with E-state index in [2.05, 4.69) is 13.8 Å². The van der Waals surface area contributed by atoms with Crippen molar-refractivity contribution in [2.75, 3.05) is 0 Å². The third kappa shape index (κ3) is 4.62. The Kier molecular flexibility index (Phi) is 6.85. The second kappa shape index (κ2) is 9.34. The van der Waals surface area contributed by atoms with E-state index in [0.29, 0.717) is 13.0 Å². The lowest BCUT2D eigenvalue weighted by atomic mass is 10.1. The first-order valence-electron chi connectivity index (χ1n) is 9.72. The van der Waals surface area contributed by atoms with Crippen molar-refractivity contribution in [2.24, 2.45) is 5.92 Å². The van der Waals surface area contributed by atoms with E-state index in [1.165, 1.54) is 5.06 Å². The second-order valence-electron chi connectivity index (χ2n) is 7.52. The van der Waals surface area contributed by atoms with Crippen LogP contribution in [0.2, 0.25) is 0 Å². The highest BCUT2D eigenvalue weighted by Gasteiger charge is 2.40. The molecule has 28 heavy (non-hydrogen) atoms. The van der Waals surface area contributed by atoms with Gasteiger partial charge in [-0.15, -0.1) is 0 Å². The van der Waals surface area contributed by atoms with Gasteiger partial charge in [-0.05, 0) is 17.9 Å². The topological polar surface area (TPSA) is 40.5 Å². The molecule has 0 aliphatic carbocycles. The van der Waals surface area contributed by atoms with Gasteiger partial charge in [0.15, 0.2) is 7.14 Å². The Hall–Kier alpha value is -2.19. The average Bonchev–Trinajstić information content (AvgIpc) is 2.73. The fourth-order valence-electron chi connectivity index (χ4n) is 3.55. The highest BCUT2D eigenvalue weighted by Crippen LogP contribution is 2.52. The zero-order valence-electron chi connectivity index (χ0n) is 16.5. The molecule has 0 heterocycles. The van der Waals surface area contributed by atoms with Gasteiger partial charge in [-0.1, -0.05) is 105 Å². The molecule has 146 valence electrons. The maximum Gasteiger partial charge on any atom is 0.161 e. The molecule has 0 aliphatic heterocycles. The third-order valence-electron chi connectivity index (χ3n) is 4.91. The highest BCUT2D eigenvalue weighted by molar-refractivity contribution is 7.79. The van der Waals surface area contributed by atoms with Crippen molar-refractivity contribution < 1.29 is 9.77 Å². The summed E-state index contributed by atoms with van der Waals surface area (Å²) in [4.78, 5) is 0. The van der Waals surface area contributed by atoms with Gasteiger partial charge in [-0.25, -0.2) is 0 Å². The quantitative estimate of drug-likeness (QED) is 0.419. The van der Waals surface area contributed by atoms with E-state index in [0.717, 1.165) is 16.2 Å². The van der Waals surface area contributed by atoms with Crippen LogP contribution >= 0.6 is 7.14 Å². The molecule has 0 saturated carbocycles. The van der Waals surface area contributed by atoms with Crippen LogP contribution in [0.1, 0.15) is 25.8 Å². The average molecular weight is 393 g/mol. The van der Waals surface area contributed by atoms with E-state index in [1.54, 1.807) is 0 Å². The summed E-state index contributed by atoms with van der Waals surface area (Å²) in [5.41, 5.74) is 0.992. The van der Waals surface area contributed by atoms with E-state index < -0.39 is 12.9 Å². The van der Waals surface area contributed by atoms with Crippen molar-refractivity contribution >= 4 is 17.8 Å². The number of hydroxylamine groups is 2. The van der Waals surface area contributed by atoms with Crippen LogP contribution in [-0.2, 0) is 11.1 Å². The Labute approximate surface area is 168 Å². The Morgan fingerprint density at radius 2 is 1.21 bits per heavy atom. The largest absolute Gasteiger partial charge is 0.313 e. The maximum absolute atomic E-state index is 14.7. The molecular weight excluding hydrogens is 365 g/mol. The number of hydrogen-bond acceptors (Lipinski definition) is 3. The monoisotopic (exact) mass is 393 g/mol. The standard InChI is InChI=1S/C24H28NO2P/c1-20(2)18-24(25(26)19-21-12-6-3-7-13-21)28(27,22-14-8-4-9-15-22)23-16-10-5-11-17-23/h3-17,20,24,26H,18-19H2,1-2H3. The van der Waals surface area contributed by atoms with Crippen LogP contribution in [0.15, 0.2) is 91.0 Å². The van der Waals surface area contributed by atoms with E-state index in [-0.39, 0.29) is 5.92 Å². The SMILES string of the molecule is CC(C)CC(N(O)Cc1ccccc1)P(=O)(c1ccccc1)c1ccccc1. The summed E-state index contributed by atoms with van der Waals surface area (Å²) in [6.45, 7) is 4.54. The van der Waals surface area contributed by atoms with Gasteiger partial charge >= 0.3 is 0 Å². The van der Waals surface area contributed by atoms with Crippen molar-refractivity contribution in [3.8, 4) is 0 Å². The molecule has 4 heteroatoms. The molecular formula is C24H28NO2P. The van der Waals surface area contributed by atoms with Crippen molar-refractivity contribution in [1.29, 1.82) is 0 Å². The number of nitrogens with zero attached hydrogens (tertiary/aromatic N) is 1. The van der Waals surface area contributed by atoms with Crippen LogP contribution in [-0.4, -0.2) is 16.1 Å². The predicted molar refractivity (Wildman–Crippen MR) is 117 cm³/mol. The van der Waals surface area contributed by atoms with Crippen LogP contribution < -0.4 is 10.6 Å². The molecule has 3 nitrogen and oxygen atoms in total. The van der Waals surface area contributed by atoms with Gasteiger partial charge in [-0.3, -0.25) is 0 Å². The summed E-state index contributed by atoms with van der Waals surface area (Å²) in [5, 5.41) is 14.0. The van der Waals surface area contributed by atoms with Crippen molar-refractivity contribution in [3.05, 3.63) is 96.6 Å². The smallest absolute Gasteiger partial charge is 0.161 e. The first-order chi connectivity index (χ1) is 13.5. The minimum absolute atomic E-state index is 0.288. The van der Waals surface area contributed by atoms with Crippen molar-refractivity contribution in [1.82, 2.24) is 5.06 Å². The summed E-state index contributed by atoms with van der Waals surface area (Å²) in [5.74, 6) is -0.214. The first-order valence-corrected chi connectivity index (χ1v) is 11.5. The molecule has 0 saturated heterocycles. The van der Waals surface area contributed by atoms with E-state index in [9.17, 15) is 9.77 Å². The Balaban J connectivity index is 2.08. The van der Waals surface area contributed by atoms with Crippen LogP contribution in [0.3, 0.4) is 0 Å². The van der Waals surface area contributed by atoms with Crippen molar-refractivity contribution in [3.63, 3.8) is 0 Å². The van der Waals surface area contributed by atoms with E-state index in [4.69, 9.17) is 0 Å². The first kappa shape index (κ1) is 20.5. The number of benzene rings is 3. The summed E-state index contributed by atoms with van der Waals surface area (Å²) in [6.07, 6.45) is 0.629. The lowest BCUT2D eigenvalue weighted by molar-refractivity contribution is -0.116. The zero-order chi connectivity index (χ0) is 20.0. The third-order valence-corrected chi connectivity index (χ3v) is 8.36. The normalized spacial score (nSPS) is 13.0. The van der Waals surface area contributed by atoms with E-state index >= 15 is 0 Å². The molecule has 1 N–H and O–H groups in total. The molecule has 0 amide bonds. The molecule has 0 spiro atoms. The van der Waals surface area contributed by atoms with Crippen molar-refractivity contribution in [2.45, 2.75) is 32.6 Å². The van der Waals surface area contributed by atoms with Gasteiger partial charge in [0.2, 0.25) is 0 Å². The van der Waals surface area contributed by atoms with Gasteiger partial charge in [0, 0.05) is 17.2 Å². The number of rotatable bonds is 8. The molecule has 1 unspecified atom stereocenters. The minimum Gasteiger partial charge on any atom is -0.313 e. The number of hydrogen-bond donors (Lipinski definition) is 1. The predicted octanol–water partition coefficient (Wildman–Crippen LogP) is 5.26. The Morgan fingerprint density at radius 1 is 0.786 bits per heavy atom. The molecule has 1 atom stereocenters. The fraction of sp³-hybridized carbons (Fsp3) is 0.250. The van der Waals surface area contributed by atoms with Gasteiger partial charge in [0.1, 0.15) is 0 Å². The summed E-state index contributed by atoms with van der Waals surface area (Å²) in [7, 11) is -3.11. The van der Waals surface area contributed by atoms with E-state index in [1.807, 2.05) is 91.0 Å².